The van der Waals surface area contributed by atoms with E-state index in [-0.39, 0.29) is 42.8 Å². The first-order valence-electron chi connectivity index (χ1n) is 23.3. The monoisotopic (exact) mass is 1120 g/mol. The molecule has 10 aromatic rings. The number of pyridine rings is 3. The molecule has 0 N–H and O–H groups in total. The maximum atomic E-state index is 6.68. The van der Waals surface area contributed by atoms with E-state index in [2.05, 4.69) is 205 Å². The van der Waals surface area contributed by atoms with E-state index in [1.807, 2.05) is 25.3 Å². The van der Waals surface area contributed by atoms with Crippen LogP contribution < -0.4 is 4.40 Å². The van der Waals surface area contributed by atoms with Gasteiger partial charge in [0.1, 0.15) is 0 Å². The smallest absolute Gasteiger partial charge is 0.216 e. The Bertz CT molecular complexity index is 3440. The van der Waals surface area contributed by atoms with Crippen molar-refractivity contribution in [2.75, 3.05) is 0 Å². The molecule has 1 radical (unpaired) electrons. The van der Waals surface area contributed by atoms with Crippen LogP contribution in [0.4, 0.5) is 0 Å². The van der Waals surface area contributed by atoms with E-state index in [9.17, 15) is 0 Å². The second-order valence-electron chi connectivity index (χ2n) is 21.4. The zero-order valence-corrected chi connectivity index (χ0v) is 45.7. The van der Waals surface area contributed by atoms with Crippen LogP contribution in [0.1, 0.15) is 96.7 Å². The Hall–Kier alpha value is -5.47. The van der Waals surface area contributed by atoms with Crippen molar-refractivity contribution in [2.24, 2.45) is 5.41 Å². The van der Waals surface area contributed by atoms with Gasteiger partial charge in [-0.3, -0.25) is 9.97 Å². The molecule has 343 valence electrons. The van der Waals surface area contributed by atoms with Gasteiger partial charge in [0.15, 0.2) is 0 Å². The summed E-state index contributed by atoms with van der Waals surface area (Å²) >= 11 is -1.76. The SMILES string of the molecule is CC(C)(C)c1cc[c-]c(-c2cc[c]([Ge]([CH3])([CH3])[CH3])cn2)c1.Cc1cc2nc(-c3[c-]ccc4c3oc3nc(C(C)C(C)(C)C)ccc34)n(-c3c(C(C)C)c4ccccc4c4ccccc34)c2cn1.[Ir]. The molecule has 0 saturated carbocycles. The van der Waals surface area contributed by atoms with E-state index < -0.39 is 13.3 Å². The molecule has 0 aliphatic carbocycles. The Kier molecular flexibility index (Phi) is 13.0. The number of rotatable bonds is 6. The Labute approximate surface area is 412 Å². The molecule has 0 saturated heterocycles. The quantitative estimate of drug-likeness (QED) is 0.0943. The summed E-state index contributed by atoms with van der Waals surface area (Å²) in [6.45, 7) is 22.2. The first kappa shape index (κ1) is 48.0. The zero-order valence-electron chi connectivity index (χ0n) is 41.2. The normalized spacial score (nSPS) is 12.8. The maximum Gasteiger partial charge on any atom is 0.216 e. The first-order chi connectivity index (χ1) is 31.3. The minimum absolute atomic E-state index is 0. The summed E-state index contributed by atoms with van der Waals surface area (Å²) < 4.78 is 10.4. The third-order valence-corrected chi connectivity index (χ3v) is 17.5. The topological polar surface area (TPSA) is 69.6 Å². The summed E-state index contributed by atoms with van der Waals surface area (Å²) in [4.78, 5) is 19.8. The molecule has 8 heteroatoms. The summed E-state index contributed by atoms with van der Waals surface area (Å²) in [6, 6.07) is 45.5. The van der Waals surface area contributed by atoms with Crippen molar-refractivity contribution >= 4 is 72.3 Å². The van der Waals surface area contributed by atoms with E-state index in [1.165, 1.54) is 37.1 Å². The summed E-state index contributed by atoms with van der Waals surface area (Å²) in [5, 5.41) is 6.88. The van der Waals surface area contributed by atoms with Gasteiger partial charge in [0.25, 0.3) is 0 Å². The molecule has 5 heterocycles. The van der Waals surface area contributed by atoms with Crippen LogP contribution in [-0.2, 0) is 25.5 Å². The number of imidazole rings is 1. The molecule has 0 aliphatic heterocycles. The van der Waals surface area contributed by atoms with Crippen LogP contribution in [0.25, 0.3) is 83.0 Å². The first-order valence-corrected chi connectivity index (χ1v) is 30.7. The fourth-order valence-corrected chi connectivity index (χ4v) is 11.2. The van der Waals surface area contributed by atoms with Crippen LogP contribution >= 0.6 is 0 Å². The number of benzene rings is 5. The Balaban J connectivity index is 0.000000244. The number of hydrogen-bond acceptors (Lipinski definition) is 5. The third-order valence-electron chi connectivity index (χ3n) is 13.3. The molecule has 6 nitrogen and oxygen atoms in total. The van der Waals surface area contributed by atoms with Gasteiger partial charge in [-0.1, -0.05) is 101 Å². The molecule has 67 heavy (non-hydrogen) atoms. The zero-order chi connectivity index (χ0) is 46.9. The molecule has 0 spiro atoms. The Morgan fingerprint density at radius 1 is 0.672 bits per heavy atom. The third kappa shape index (κ3) is 9.15. The molecular formula is C59H61GeIrN5O-2. The van der Waals surface area contributed by atoms with E-state index >= 15 is 0 Å². The van der Waals surface area contributed by atoms with Gasteiger partial charge in [-0.2, -0.15) is 0 Å². The van der Waals surface area contributed by atoms with Gasteiger partial charge in [0, 0.05) is 48.2 Å². The van der Waals surface area contributed by atoms with Crippen molar-refractivity contribution in [2.45, 2.75) is 104 Å². The summed E-state index contributed by atoms with van der Waals surface area (Å²) in [7, 11) is 0. The summed E-state index contributed by atoms with van der Waals surface area (Å²) in [5.74, 6) is 8.46. The summed E-state index contributed by atoms with van der Waals surface area (Å²) in [5.41, 5.74) is 12.0. The molecule has 1 atom stereocenters. The van der Waals surface area contributed by atoms with E-state index in [0.717, 1.165) is 67.1 Å². The number of furan rings is 1. The Morgan fingerprint density at radius 2 is 1.34 bits per heavy atom. The average molecular weight is 1120 g/mol. The molecule has 5 aromatic heterocycles. The molecular weight excluding hydrogens is 1060 g/mol. The van der Waals surface area contributed by atoms with Crippen LogP contribution in [-0.4, -0.2) is 37.8 Å². The van der Waals surface area contributed by atoms with Gasteiger partial charge < -0.3 is 8.98 Å². The molecule has 1 unspecified atom stereocenters. The minimum Gasteiger partial charge on any atom is -0.486 e. The fourth-order valence-electron chi connectivity index (χ4n) is 9.01. The van der Waals surface area contributed by atoms with Crippen LogP contribution in [0.2, 0.25) is 17.3 Å². The van der Waals surface area contributed by atoms with E-state index in [1.54, 1.807) is 0 Å². The second kappa shape index (κ2) is 18.2. The van der Waals surface area contributed by atoms with Crippen LogP contribution in [0, 0.1) is 24.5 Å². The van der Waals surface area contributed by atoms with E-state index in [4.69, 9.17) is 19.4 Å². The van der Waals surface area contributed by atoms with Gasteiger partial charge >= 0.3 is 126 Å². The van der Waals surface area contributed by atoms with Gasteiger partial charge in [0.05, 0.1) is 34.3 Å². The number of fused-ring (bicyclic) bond motifs is 7. The van der Waals surface area contributed by atoms with Gasteiger partial charge in [-0.05, 0) is 58.2 Å². The number of aromatic nitrogens is 5. The van der Waals surface area contributed by atoms with Crippen LogP contribution in [0.3, 0.4) is 0 Å². The molecule has 0 fully saturated rings. The molecule has 0 bridgehead atoms. The van der Waals surface area contributed by atoms with Gasteiger partial charge in [-0.15, -0.1) is 18.2 Å². The summed E-state index contributed by atoms with van der Waals surface area (Å²) in [6.07, 6.45) is 4.02. The largest absolute Gasteiger partial charge is 0.486 e. The van der Waals surface area contributed by atoms with E-state index in [0.29, 0.717) is 5.71 Å². The predicted molar refractivity (Wildman–Crippen MR) is 280 cm³/mol. The van der Waals surface area contributed by atoms with Crippen molar-refractivity contribution in [3.05, 3.63) is 156 Å². The fraction of sp³-hybridized carbons (Fsp3) is 0.288. The van der Waals surface area contributed by atoms with Crippen molar-refractivity contribution in [1.82, 2.24) is 24.5 Å². The van der Waals surface area contributed by atoms with Crippen molar-refractivity contribution in [1.29, 1.82) is 0 Å². The average Bonchev–Trinajstić information content (AvgIpc) is 3.85. The molecule has 10 rings (SSSR count). The maximum absolute atomic E-state index is 6.68. The predicted octanol–water partition coefficient (Wildman–Crippen LogP) is 15.5. The van der Waals surface area contributed by atoms with Gasteiger partial charge in [-0.25, -0.2) is 4.98 Å². The van der Waals surface area contributed by atoms with Crippen molar-refractivity contribution in [3.8, 4) is 28.3 Å². The minimum atomic E-state index is -1.76. The van der Waals surface area contributed by atoms with Crippen LogP contribution in [0.5, 0.6) is 0 Å². The molecule has 0 aliphatic rings. The standard InChI is InChI=1S/C41H37N4O.C18H24GeN.Ir/c1-23(2)36-28-15-10-8-13-26(28)27-14-9-11-16-29(27)37(36)45-35-22-42-24(3)21-34(35)43-39(45)32-18-12-17-30-31-19-20-33(25(4)41(5,6)7)44-40(31)46-38(30)32;1-18(2,3)15-9-7-8-14(12-15)17-11-10-16(13-20-17)19(4,5)6;/h8-17,19-23,25H,1-7H3;7,9-13H,1-6H3;/q2*-1;. The number of nitrogens with zero attached hydrogens (tertiary/aromatic N) is 5. The second-order valence-corrected chi connectivity index (χ2v) is 32.0. The van der Waals surface area contributed by atoms with Gasteiger partial charge in [0.2, 0.25) is 5.71 Å². The Morgan fingerprint density at radius 3 is 1.99 bits per heavy atom. The van der Waals surface area contributed by atoms with Crippen molar-refractivity contribution < 1.29 is 24.5 Å². The number of aryl methyl sites for hydroxylation is 1. The molecule has 5 aromatic carbocycles. The number of hydrogen-bond donors (Lipinski definition) is 0. The van der Waals surface area contributed by atoms with Crippen LogP contribution in [0.15, 0.2) is 126 Å². The molecule has 0 amide bonds. The van der Waals surface area contributed by atoms with Crippen molar-refractivity contribution in [3.63, 3.8) is 0 Å².